The van der Waals surface area contributed by atoms with Gasteiger partial charge in [0, 0.05) is 0 Å². The van der Waals surface area contributed by atoms with Gasteiger partial charge in [0.25, 0.3) is 0 Å². The monoisotopic (exact) mass is 144 g/mol. The molecule has 0 aliphatic heterocycles. The van der Waals surface area contributed by atoms with Crippen LogP contribution in [0.5, 0.6) is 5.75 Å². The van der Waals surface area contributed by atoms with E-state index in [2.05, 4.69) is 24.8 Å². The van der Waals surface area contributed by atoms with Crippen LogP contribution in [0.1, 0.15) is 0 Å². The largest absolute Gasteiger partial charge is 0.872 e. The second kappa shape index (κ2) is 1.50. The van der Waals surface area contributed by atoms with Gasteiger partial charge in [0.05, 0.1) is 4.51 Å². The van der Waals surface area contributed by atoms with Crippen molar-refractivity contribution in [1.82, 2.24) is 0 Å². The summed E-state index contributed by atoms with van der Waals surface area (Å²) in [5, 5.41) is 10.3. The maximum Gasteiger partial charge on any atom is 0.176 e. The molecule has 0 heterocycles. The van der Waals surface area contributed by atoms with E-state index in [4.69, 9.17) is 0 Å². The molecule has 0 unspecified atom stereocenters. The van der Waals surface area contributed by atoms with Crippen molar-refractivity contribution in [3.05, 3.63) is 14.7 Å². The van der Waals surface area contributed by atoms with Gasteiger partial charge in [0.2, 0.25) is 0 Å². The van der Waals surface area contributed by atoms with Crippen molar-refractivity contribution < 1.29 is 5.11 Å². The first-order chi connectivity index (χ1) is 3.64. The maximum atomic E-state index is 10.3. The zero-order valence-electron chi connectivity index (χ0n) is 3.63. The van der Waals surface area contributed by atoms with Gasteiger partial charge in [-0.1, -0.05) is 12.2 Å². The molecule has 0 aliphatic rings. The van der Waals surface area contributed by atoms with E-state index in [1.165, 1.54) is 0 Å². The Morgan fingerprint density at radius 1 is 1.62 bits per heavy atom. The van der Waals surface area contributed by atoms with Crippen molar-refractivity contribution in [1.29, 1.82) is 0 Å². The van der Waals surface area contributed by atoms with Crippen LogP contribution in [0.4, 0.5) is 0 Å². The zero-order chi connectivity index (χ0) is 6.31. The molecule has 0 aromatic heterocycles. The molecule has 0 radical (unpaired) electrons. The summed E-state index contributed by atoms with van der Waals surface area (Å²) < 4.78 is -0.144. The molecule has 2 nitrogen and oxygen atoms in total. The fourth-order valence-corrected chi connectivity index (χ4v) is 0.887. The van der Waals surface area contributed by atoms with Gasteiger partial charge < -0.3 is 17.7 Å². The van der Waals surface area contributed by atoms with Gasteiger partial charge >= 0.3 is 0 Å². The number of hydrogen-bond acceptors (Lipinski definition) is 4. The van der Waals surface area contributed by atoms with E-state index in [0.717, 1.165) is 0 Å². The Balaban J connectivity index is 3.48. The summed E-state index contributed by atoms with van der Waals surface area (Å²) in [5.74, 6) is -0.444. The SMILES string of the molecule is O=c1c([S-])c([O-])c1=S. The summed E-state index contributed by atoms with van der Waals surface area (Å²) in [7, 11) is 0. The average molecular weight is 144 g/mol. The molecule has 0 aliphatic carbocycles. The molecule has 1 aromatic carbocycles. The Morgan fingerprint density at radius 3 is 2.25 bits per heavy atom. The Labute approximate surface area is 55.9 Å². The lowest BCUT2D eigenvalue weighted by molar-refractivity contribution is -0.275. The molecular weight excluding hydrogens is 144 g/mol. The van der Waals surface area contributed by atoms with Crippen LogP contribution in [0.15, 0.2) is 9.69 Å². The molecule has 42 valence electrons. The lowest BCUT2D eigenvalue weighted by Crippen LogP contribution is -2.16. The van der Waals surface area contributed by atoms with Crippen LogP contribution in [-0.2, 0) is 12.6 Å². The van der Waals surface area contributed by atoms with E-state index in [1.807, 2.05) is 0 Å². The Morgan fingerprint density at radius 2 is 2.12 bits per heavy atom. The molecule has 4 heteroatoms. The molecule has 8 heavy (non-hydrogen) atoms. The third-order valence-corrected chi connectivity index (χ3v) is 1.57. The van der Waals surface area contributed by atoms with Gasteiger partial charge in [-0.3, -0.25) is 4.79 Å². The maximum absolute atomic E-state index is 10.3. The van der Waals surface area contributed by atoms with Gasteiger partial charge in [-0.15, -0.1) is 10.6 Å². The lowest BCUT2D eigenvalue weighted by atomic mass is 10.3. The highest BCUT2D eigenvalue weighted by Gasteiger charge is 1.94. The van der Waals surface area contributed by atoms with Crippen molar-refractivity contribution >= 4 is 24.8 Å². The van der Waals surface area contributed by atoms with E-state index < -0.39 is 11.2 Å². The zero-order valence-corrected chi connectivity index (χ0v) is 5.27. The molecule has 0 fully saturated rings. The van der Waals surface area contributed by atoms with Gasteiger partial charge in [-0.25, -0.2) is 0 Å². The second-order valence-electron chi connectivity index (χ2n) is 1.32. The van der Waals surface area contributed by atoms with Gasteiger partial charge in [0.1, 0.15) is 0 Å². The van der Waals surface area contributed by atoms with Crippen LogP contribution in [0.25, 0.3) is 0 Å². The fourth-order valence-electron chi connectivity index (χ4n) is 0.350. The molecule has 0 bridgehead atoms. The quantitative estimate of drug-likeness (QED) is 0.368. The molecule has 0 saturated carbocycles. The van der Waals surface area contributed by atoms with Crippen molar-refractivity contribution in [2.75, 3.05) is 0 Å². The topological polar surface area (TPSA) is 40.1 Å². The molecule has 0 spiro atoms. The Kier molecular flexibility index (Phi) is 1.06. The predicted molar refractivity (Wildman–Crippen MR) is 31.0 cm³/mol. The van der Waals surface area contributed by atoms with Crippen molar-refractivity contribution in [2.24, 2.45) is 0 Å². The fraction of sp³-hybridized carbons (Fsp3) is 0. The second-order valence-corrected chi connectivity index (χ2v) is 2.13. The van der Waals surface area contributed by atoms with E-state index >= 15 is 0 Å². The van der Waals surface area contributed by atoms with Crippen LogP contribution >= 0.6 is 12.2 Å². The first kappa shape index (κ1) is 5.65. The number of hydrogen-bond donors (Lipinski definition) is 0. The summed E-state index contributed by atoms with van der Waals surface area (Å²) in [5.41, 5.74) is -0.444. The predicted octanol–water partition coefficient (Wildman–Crippen LogP) is -0.369. The summed E-state index contributed by atoms with van der Waals surface area (Å²) in [6.45, 7) is 0. The minimum absolute atomic E-state index is 0.144. The van der Waals surface area contributed by atoms with Gasteiger partial charge in [0.15, 0.2) is 5.43 Å². The third-order valence-electron chi connectivity index (χ3n) is 0.825. The van der Waals surface area contributed by atoms with Gasteiger partial charge in [-0.2, -0.15) is 0 Å². The third kappa shape index (κ3) is 0.468. The molecule has 1 aromatic rings. The minimum Gasteiger partial charge on any atom is -0.872 e. The smallest absolute Gasteiger partial charge is 0.176 e. The van der Waals surface area contributed by atoms with E-state index in [1.54, 1.807) is 0 Å². The highest BCUT2D eigenvalue weighted by atomic mass is 32.1. The molecule has 0 N–H and O–H groups in total. The highest BCUT2D eigenvalue weighted by Crippen LogP contribution is 2.11. The van der Waals surface area contributed by atoms with E-state index in [0.29, 0.717) is 0 Å². The van der Waals surface area contributed by atoms with Crippen LogP contribution in [0.2, 0.25) is 0 Å². The minimum atomic E-state index is -0.444. The molecule has 0 amide bonds. The van der Waals surface area contributed by atoms with Crippen LogP contribution in [-0.4, -0.2) is 0 Å². The molecule has 0 saturated heterocycles. The van der Waals surface area contributed by atoms with E-state index in [9.17, 15) is 9.90 Å². The lowest BCUT2D eigenvalue weighted by Gasteiger charge is -2.19. The summed E-state index contributed by atoms with van der Waals surface area (Å²) in [6, 6.07) is 0. The first-order valence-corrected chi connectivity index (χ1v) is 2.63. The average Bonchev–Trinajstić information content (AvgIpc) is 1.83. The van der Waals surface area contributed by atoms with E-state index in [-0.39, 0.29) is 9.41 Å². The summed E-state index contributed by atoms with van der Waals surface area (Å²) in [4.78, 5) is 10.1. The van der Waals surface area contributed by atoms with Crippen molar-refractivity contribution in [2.45, 2.75) is 4.90 Å². The van der Waals surface area contributed by atoms with Crippen molar-refractivity contribution in [3.63, 3.8) is 0 Å². The first-order valence-electron chi connectivity index (χ1n) is 1.82. The molecule has 1 rings (SSSR count). The Hall–Kier alpha value is -0.480. The summed E-state index contributed by atoms with van der Waals surface area (Å²) >= 11 is 8.64. The Bertz CT molecular complexity index is 252. The summed E-state index contributed by atoms with van der Waals surface area (Å²) in [6.07, 6.45) is 0. The molecule has 0 atom stereocenters. The van der Waals surface area contributed by atoms with Crippen LogP contribution in [0.3, 0.4) is 0 Å². The standard InChI is InChI=1S/C4H2O2S2/c5-1-3(7)2(6)4(1)8/h5,7H/p-2. The molecular formula is C4O2S2-2. The normalized spacial score (nSPS) is 10.0. The van der Waals surface area contributed by atoms with Crippen molar-refractivity contribution in [3.8, 4) is 5.75 Å². The highest BCUT2D eigenvalue weighted by molar-refractivity contribution is 7.71. The number of rotatable bonds is 0. The van der Waals surface area contributed by atoms with Crippen LogP contribution < -0.4 is 10.5 Å². The van der Waals surface area contributed by atoms with Crippen LogP contribution in [0, 0.1) is 4.51 Å². The van der Waals surface area contributed by atoms with Gasteiger partial charge in [-0.05, 0) is 0 Å².